The van der Waals surface area contributed by atoms with Crippen LogP contribution in [0.1, 0.15) is 40.9 Å². The van der Waals surface area contributed by atoms with Crippen molar-refractivity contribution >= 4 is 22.8 Å². The Hall–Kier alpha value is -1.37. The molecule has 20 heavy (non-hydrogen) atoms. The highest BCUT2D eigenvalue weighted by atomic mass is 32.2. The van der Waals surface area contributed by atoms with Gasteiger partial charge in [-0.05, 0) is 24.5 Å². The van der Waals surface area contributed by atoms with Crippen LogP contribution in [0.4, 0.5) is 0 Å². The highest BCUT2D eigenvalue weighted by Crippen LogP contribution is 2.26. The Bertz CT molecular complexity index is 500. The van der Waals surface area contributed by atoms with E-state index in [0.29, 0.717) is 11.3 Å². The molecule has 0 aliphatic carbocycles. The Morgan fingerprint density at radius 3 is 2.50 bits per heavy atom. The molecule has 0 fully saturated rings. The van der Waals surface area contributed by atoms with Gasteiger partial charge in [0.05, 0.1) is 11.7 Å². The number of carbonyl (C=O) groups is 2. The zero-order chi connectivity index (χ0) is 15.3. The molecule has 0 heterocycles. The lowest BCUT2D eigenvalue weighted by Gasteiger charge is -2.20. The molecule has 0 aromatic heterocycles. The molecular weight excluding hydrogens is 280 g/mol. The van der Waals surface area contributed by atoms with Crippen molar-refractivity contribution in [1.82, 2.24) is 0 Å². The average Bonchev–Trinajstić information content (AvgIpc) is 2.36. The molecule has 0 saturated heterocycles. The van der Waals surface area contributed by atoms with Crippen LogP contribution in [0, 0.1) is 6.92 Å². The van der Waals surface area contributed by atoms with E-state index in [1.807, 2.05) is 0 Å². The number of aromatic carboxylic acids is 1. The molecule has 6 heteroatoms. The van der Waals surface area contributed by atoms with Gasteiger partial charge in [0.2, 0.25) is 0 Å². The van der Waals surface area contributed by atoms with Gasteiger partial charge in [-0.15, -0.1) is 0 Å². The maximum absolute atomic E-state index is 11.2. The summed E-state index contributed by atoms with van der Waals surface area (Å²) >= 11 is 1.06. The van der Waals surface area contributed by atoms with Gasteiger partial charge in [0, 0.05) is 12.7 Å². The molecule has 0 aliphatic heterocycles. The van der Waals surface area contributed by atoms with Crippen molar-refractivity contribution in [3.63, 3.8) is 0 Å². The van der Waals surface area contributed by atoms with Crippen molar-refractivity contribution in [1.29, 1.82) is 0 Å². The third kappa shape index (κ3) is 4.33. The van der Waals surface area contributed by atoms with Gasteiger partial charge < -0.3 is 15.3 Å². The number of hydrogen-bond acceptors (Lipinski definition) is 5. The third-order valence-electron chi connectivity index (χ3n) is 2.92. The molecule has 3 N–H and O–H groups in total. The predicted octanol–water partition coefficient (Wildman–Crippen LogP) is 1.76. The number of rotatable bonds is 6. The molecule has 2 atom stereocenters. The predicted molar refractivity (Wildman–Crippen MR) is 76.9 cm³/mol. The first-order chi connectivity index (χ1) is 9.34. The number of benzene rings is 1. The van der Waals surface area contributed by atoms with Crippen LogP contribution in [-0.2, 0) is 4.79 Å². The van der Waals surface area contributed by atoms with E-state index in [1.54, 1.807) is 19.1 Å². The van der Waals surface area contributed by atoms with Crippen LogP contribution in [0.2, 0.25) is 0 Å². The molecule has 0 bridgehead atoms. The van der Waals surface area contributed by atoms with Gasteiger partial charge >= 0.3 is 5.97 Å². The van der Waals surface area contributed by atoms with Gasteiger partial charge in [-0.25, -0.2) is 4.79 Å². The Morgan fingerprint density at radius 1 is 1.30 bits per heavy atom. The summed E-state index contributed by atoms with van der Waals surface area (Å²) in [6.07, 6.45) is -2.19. The molecule has 0 amide bonds. The minimum atomic E-state index is -1.28. The van der Waals surface area contributed by atoms with E-state index in [2.05, 4.69) is 0 Å². The van der Waals surface area contributed by atoms with Gasteiger partial charge in [-0.3, -0.25) is 4.79 Å². The topological polar surface area (TPSA) is 94.8 Å². The third-order valence-corrected chi connectivity index (χ3v) is 3.77. The molecule has 1 aromatic rings. The van der Waals surface area contributed by atoms with E-state index < -0.39 is 18.2 Å². The highest BCUT2D eigenvalue weighted by molar-refractivity contribution is 8.13. The molecular formula is C14H18O5S. The zero-order valence-electron chi connectivity index (χ0n) is 11.4. The molecule has 1 aromatic carbocycles. The van der Waals surface area contributed by atoms with Gasteiger partial charge in [0.1, 0.15) is 6.10 Å². The van der Waals surface area contributed by atoms with Gasteiger partial charge in [0.15, 0.2) is 5.12 Å². The minimum absolute atomic E-state index is 0.0123. The Balaban J connectivity index is 2.86. The number of carbonyl (C=O) groups excluding carboxylic acids is 1. The standard InChI is InChI=1S/C14H18O5S/c1-8-4-3-5-10(12(8)14(18)19)13(17)11(16)6-7-20-9(2)15/h3-5,11,13,16-17H,6-7H2,1-2H3,(H,18,19). The number of carboxylic acid groups (broad SMARTS) is 1. The van der Waals surface area contributed by atoms with Crippen LogP contribution >= 0.6 is 11.8 Å². The zero-order valence-corrected chi connectivity index (χ0v) is 12.2. The summed E-state index contributed by atoms with van der Waals surface area (Å²) in [5.74, 6) is -0.760. The van der Waals surface area contributed by atoms with Gasteiger partial charge in [-0.2, -0.15) is 0 Å². The van der Waals surface area contributed by atoms with Crippen molar-refractivity contribution in [2.75, 3.05) is 5.75 Å². The molecule has 0 aliphatic rings. The highest BCUT2D eigenvalue weighted by Gasteiger charge is 2.24. The lowest BCUT2D eigenvalue weighted by molar-refractivity contribution is -0.109. The summed E-state index contributed by atoms with van der Waals surface area (Å²) in [7, 11) is 0. The number of aryl methyl sites for hydroxylation is 1. The number of aliphatic hydroxyl groups excluding tert-OH is 2. The van der Waals surface area contributed by atoms with E-state index in [4.69, 9.17) is 0 Å². The van der Waals surface area contributed by atoms with E-state index in [9.17, 15) is 24.9 Å². The fraction of sp³-hybridized carbons (Fsp3) is 0.429. The van der Waals surface area contributed by atoms with Gasteiger partial charge in [-0.1, -0.05) is 30.0 Å². The fourth-order valence-electron chi connectivity index (χ4n) is 1.92. The van der Waals surface area contributed by atoms with Crippen LogP contribution in [0.3, 0.4) is 0 Å². The quantitative estimate of drug-likeness (QED) is 0.740. The second-order valence-corrected chi connectivity index (χ2v) is 5.76. The van der Waals surface area contributed by atoms with Crippen molar-refractivity contribution in [2.24, 2.45) is 0 Å². The fourth-order valence-corrected chi connectivity index (χ4v) is 2.56. The largest absolute Gasteiger partial charge is 0.478 e. The average molecular weight is 298 g/mol. The Morgan fingerprint density at radius 2 is 1.95 bits per heavy atom. The molecule has 0 radical (unpaired) electrons. The monoisotopic (exact) mass is 298 g/mol. The molecule has 0 spiro atoms. The second-order valence-electron chi connectivity index (χ2n) is 4.49. The Labute approximate surface area is 121 Å². The van der Waals surface area contributed by atoms with Crippen LogP contribution in [-0.4, -0.2) is 38.3 Å². The first kappa shape index (κ1) is 16.7. The Kier molecular flexibility index (Phi) is 6.19. The van der Waals surface area contributed by atoms with Crippen molar-refractivity contribution in [3.05, 3.63) is 34.9 Å². The maximum atomic E-state index is 11.2. The number of hydrogen-bond donors (Lipinski definition) is 3. The van der Waals surface area contributed by atoms with E-state index in [0.717, 1.165) is 11.8 Å². The lowest BCUT2D eigenvalue weighted by atomic mass is 9.94. The summed E-state index contributed by atoms with van der Waals surface area (Å²) < 4.78 is 0. The summed E-state index contributed by atoms with van der Waals surface area (Å²) in [6, 6.07) is 4.76. The lowest BCUT2D eigenvalue weighted by Crippen LogP contribution is -2.22. The minimum Gasteiger partial charge on any atom is -0.478 e. The summed E-state index contributed by atoms with van der Waals surface area (Å²) in [4.78, 5) is 22.0. The van der Waals surface area contributed by atoms with Crippen LogP contribution in [0.15, 0.2) is 18.2 Å². The molecule has 110 valence electrons. The van der Waals surface area contributed by atoms with Crippen LogP contribution in [0.25, 0.3) is 0 Å². The normalized spacial score (nSPS) is 13.8. The van der Waals surface area contributed by atoms with E-state index in [1.165, 1.54) is 13.0 Å². The number of carboxylic acids is 1. The van der Waals surface area contributed by atoms with Crippen molar-refractivity contribution < 1.29 is 24.9 Å². The van der Waals surface area contributed by atoms with Crippen molar-refractivity contribution in [2.45, 2.75) is 32.5 Å². The molecule has 0 saturated carbocycles. The summed E-state index contributed by atoms with van der Waals surface area (Å²) in [6.45, 7) is 3.06. The first-order valence-corrected chi connectivity index (χ1v) is 7.15. The van der Waals surface area contributed by atoms with Crippen LogP contribution < -0.4 is 0 Å². The van der Waals surface area contributed by atoms with E-state index in [-0.39, 0.29) is 22.7 Å². The smallest absolute Gasteiger partial charge is 0.336 e. The van der Waals surface area contributed by atoms with Gasteiger partial charge in [0.25, 0.3) is 0 Å². The van der Waals surface area contributed by atoms with Crippen molar-refractivity contribution in [3.8, 4) is 0 Å². The molecule has 1 rings (SSSR count). The van der Waals surface area contributed by atoms with E-state index >= 15 is 0 Å². The molecule has 2 unspecified atom stereocenters. The molecule has 5 nitrogen and oxygen atoms in total. The second kappa shape index (κ2) is 7.42. The first-order valence-electron chi connectivity index (χ1n) is 6.17. The van der Waals surface area contributed by atoms with Crippen LogP contribution in [0.5, 0.6) is 0 Å². The summed E-state index contributed by atoms with van der Waals surface area (Å²) in [5.41, 5.74) is 0.732. The number of aliphatic hydroxyl groups is 2. The SMILES string of the molecule is CC(=O)SCCC(O)C(O)c1cccc(C)c1C(=O)O. The summed E-state index contributed by atoms with van der Waals surface area (Å²) in [5, 5.41) is 29.1. The number of thioether (sulfide) groups is 1. The maximum Gasteiger partial charge on any atom is 0.336 e.